The highest BCUT2D eigenvalue weighted by molar-refractivity contribution is 7.91. The molecular formula is C12H16ClN3O2S2. The van der Waals surface area contributed by atoms with Gasteiger partial charge in [0.1, 0.15) is 5.54 Å². The van der Waals surface area contributed by atoms with Crippen molar-refractivity contribution in [2.45, 2.75) is 55.2 Å². The number of sulfonamides is 1. The van der Waals surface area contributed by atoms with Gasteiger partial charge in [0.25, 0.3) is 10.0 Å². The fourth-order valence-electron chi connectivity index (χ4n) is 2.47. The summed E-state index contributed by atoms with van der Waals surface area (Å²) in [6, 6.07) is 2.17. The number of aromatic nitrogens is 1. The lowest BCUT2D eigenvalue weighted by Gasteiger charge is -2.25. The molecule has 1 fully saturated rings. The molecule has 8 heteroatoms. The van der Waals surface area contributed by atoms with Gasteiger partial charge in [0.15, 0.2) is 8.68 Å². The molecule has 0 aliphatic heterocycles. The molecule has 0 atom stereocenters. The van der Waals surface area contributed by atoms with Gasteiger partial charge in [0, 0.05) is 0 Å². The highest BCUT2D eigenvalue weighted by atomic mass is 35.5. The SMILES string of the molecule is Cc1nc(Cl)sc1S(=O)(=O)NC1(C#N)CCCCCC1. The lowest BCUT2D eigenvalue weighted by Crippen LogP contribution is -2.46. The van der Waals surface area contributed by atoms with Gasteiger partial charge in [-0.15, -0.1) is 0 Å². The Morgan fingerprint density at radius 2 is 1.95 bits per heavy atom. The van der Waals surface area contributed by atoms with E-state index >= 15 is 0 Å². The van der Waals surface area contributed by atoms with Crippen LogP contribution in [0.15, 0.2) is 4.21 Å². The molecule has 1 aliphatic rings. The summed E-state index contributed by atoms with van der Waals surface area (Å²) < 4.78 is 27.8. The van der Waals surface area contributed by atoms with Gasteiger partial charge in [0.05, 0.1) is 11.8 Å². The zero-order valence-corrected chi connectivity index (χ0v) is 13.5. The minimum absolute atomic E-state index is 0.0985. The molecule has 0 amide bonds. The van der Waals surface area contributed by atoms with E-state index in [-0.39, 0.29) is 8.68 Å². The highest BCUT2D eigenvalue weighted by Gasteiger charge is 2.37. The van der Waals surface area contributed by atoms with E-state index < -0.39 is 15.6 Å². The molecule has 1 heterocycles. The normalized spacial score (nSPS) is 19.2. The number of nitrogens with one attached hydrogen (secondary N) is 1. The lowest BCUT2D eigenvalue weighted by molar-refractivity contribution is 0.422. The summed E-state index contributed by atoms with van der Waals surface area (Å²) in [4.78, 5) is 3.92. The van der Waals surface area contributed by atoms with E-state index in [1.807, 2.05) is 0 Å². The first-order valence-corrected chi connectivity index (χ1v) is 9.14. The van der Waals surface area contributed by atoms with Gasteiger partial charge in [-0.2, -0.15) is 9.98 Å². The zero-order valence-electron chi connectivity index (χ0n) is 11.1. The second-order valence-corrected chi connectivity index (χ2v) is 8.51. The average Bonchev–Trinajstić information content (AvgIpc) is 2.61. The predicted octanol–water partition coefficient (Wildman–Crippen LogP) is 3.00. The maximum atomic E-state index is 12.5. The second kappa shape index (κ2) is 5.98. The number of hydrogen-bond acceptors (Lipinski definition) is 5. The number of halogens is 1. The van der Waals surface area contributed by atoms with E-state index in [0.29, 0.717) is 18.5 Å². The molecule has 5 nitrogen and oxygen atoms in total. The number of aryl methyl sites for hydroxylation is 1. The van der Waals surface area contributed by atoms with E-state index in [0.717, 1.165) is 37.0 Å². The predicted molar refractivity (Wildman–Crippen MR) is 78.2 cm³/mol. The van der Waals surface area contributed by atoms with Gasteiger partial charge in [-0.25, -0.2) is 13.4 Å². The molecule has 110 valence electrons. The van der Waals surface area contributed by atoms with Gasteiger partial charge in [-0.1, -0.05) is 48.6 Å². The molecule has 1 aliphatic carbocycles. The van der Waals surface area contributed by atoms with Gasteiger partial charge in [-0.05, 0) is 19.8 Å². The van der Waals surface area contributed by atoms with Gasteiger partial charge >= 0.3 is 0 Å². The summed E-state index contributed by atoms with van der Waals surface area (Å²) in [6.07, 6.45) is 4.90. The van der Waals surface area contributed by atoms with Crippen LogP contribution in [0.2, 0.25) is 4.47 Å². The maximum absolute atomic E-state index is 12.5. The van der Waals surface area contributed by atoms with Crippen LogP contribution >= 0.6 is 22.9 Å². The van der Waals surface area contributed by atoms with Gasteiger partial charge in [0.2, 0.25) is 0 Å². The van der Waals surface area contributed by atoms with Crippen LogP contribution in [-0.2, 0) is 10.0 Å². The molecule has 1 N–H and O–H groups in total. The van der Waals surface area contributed by atoms with Crippen molar-refractivity contribution in [2.24, 2.45) is 0 Å². The minimum atomic E-state index is -3.76. The summed E-state index contributed by atoms with van der Waals surface area (Å²) in [5.74, 6) is 0. The first-order chi connectivity index (χ1) is 9.38. The van der Waals surface area contributed by atoms with Crippen LogP contribution < -0.4 is 4.72 Å². The summed E-state index contributed by atoms with van der Waals surface area (Å²) in [7, 11) is -3.76. The average molecular weight is 334 g/mol. The summed E-state index contributed by atoms with van der Waals surface area (Å²) in [5.41, 5.74) is -0.632. The molecule has 0 spiro atoms. The van der Waals surface area contributed by atoms with E-state index in [4.69, 9.17) is 11.6 Å². The van der Waals surface area contributed by atoms with E-state index in [1.54, 1.807) is 6.92 Å². The van der Waals surface area contributed by atoms with Crippen molar-refractivity contribution in [3.05, 3.63) is 10.2 Å². The molecule has 20 heavy (non-hydrogen) atoms. The molecule has 0 radical (unpaired) electrons. The Bertz CT molecular complexity index is 626. The van der Waals surface area contributed by atoms with Crippen molar-refractivity contribution in [3.63, 3.8) is 0 Å². The first-order valence-electron chi connectivity index (χ1n) is 6.47. The summed E-state index contributed by atoms with van der Waals surface area (Å²) in [6.45, 7) is 1.60. The standard InChI is InChI=1S/C12H16ClN3O2S2/c1-9-10(19-11(13)15-9)20(17,18)16-12(8-14)6-4-2-3-5-7-12/h16H,2-7H2,1H3. The van der Waals surface area contributed by atoms with Gasteiger partial charge in [-0.3, -0.25) is 0 Å². The van der Waals surface area contributed by atoms with E-state index in [1.165, 1.54) is 0 Å². The van der Waals surface area contributed by atoms with E-state index in [2.05, 4.69) is 15.8 Å². The molecule has 0 unspecified atom stereocenters. The number of hydrogen-bond donors (Lipinski definition) is 1. The summed E-state index contributed by atoms with van der Waals surface area (Å²) >= 11 is 6.68. The van der Waals surface area contributed by atoms with Crippen molar-refractivity contribution in [1.82, 2.24) is 9.71 Å². The Hall–Kier alpha value is -0.680. The van der Waals surface area contributed by atoms with Crippen molar-refractivity contribution in [1.29, 1.82) is 5.26 Å². The van der Waals surface area contributed by atoms with Crippen molar-refractivity contribution in [3.8, 4) is 6.07 Å². The largest absolute Gasteiger partial charge is 0.253 e. The fourth-order valence-corrected chi connectivity index (χ4v) is 5.59. The van der Waals surface area contributed by atoms with Crippen LogP contribution in [0.5, 0.6) is 0 Å². The molecule has 1 aromatic rings. The molecule has 0 aromatic carbocycles. The van der Waals surface area contributed by atoms with Crippen LogP contribution in [-0.4, -0.2) is 18.9 Å². The highest BCUT2D eigenvalue weighted by Crippen LogP contribution is 2.31. The summed E-state index contributed by atoms with van der Waals surface area (Å²) in [5, 5.41) is 9.44. The second-order valence-electron chi connectivity index (χ2n) is 5.05. The lowest BCUT2D eigenvalue weighted by atomic mass is 9.94. The molecule has 0 saturated heterocycles. The maximum Gasteiger partial charge on any atom is 0.253 e. The fraction of sp³-hybridized carbons (Fsp3) is 0.667. The Morgan fingerprint density at radius 3 is 2.40 bits per heavy atom. The van der Waals surface area contributed by atoms with Gasteiger partial charge < -0.3 is 0 Å². The molecule has 2 rings (SSSR count). The molecular weight excluding hydrogens is 318 g/mol. The van der Waals surface area contributed by atoms with Crippen LogP contribution in [0.3, 0.4) is 0 Å². The Morgan fingerprint density at radius 1 is 1.35 bits per heavy atom. The van der Waals surface area contributed by atoms with Crippen LogP contribution in [0.25, 0.3) is 0 Å². The Labute approximate surface area is 128 Å². The Kier molecular flexibility index (Phi) is 4.69. The Balaban J connectivity index is 2.31. The van der Waals surface area contributed by atoms with Crippen molar-refractivity contribution < 1.29 is 8.42 Å². The van der Waals surface area contributed by atoms with Crippen LogP contribution in [0, 0.1) is 18.3 Å². The monoisotopic (exact) mass is 333 g/mol. The third-order valence-corrected chi connectivity index (χ3v) is 6.88. The molecule has 1 saturated carbocycles. The molecule has 0 bridgehead atoms. The third-order valence-electron chi connectivity index (χ3n) is 3.47. The molecule has 1 aromatic heterocycles. The van der Waals surface area contributed by atoms with Crippen molar-refractivity contribution in [2.75, 3.05) is 0 Å². The van der Waals surface area contributed by atoms with E-state index in [9.17, 15) is 13.7 Å². The number of nitriles is 1. The topological polar surface area (TPSA) is 82.8 Å². The number of nitrogens with zero attached hydrogens (tertiary/aromatic N) is 2. The minimum Gasteiger partial charge on any atom is -0.229 e. The third kappa shape index (κ3) is 3.31. The first kappa shape index (κ1) is 15.7. The quantitative estimate of drug-likeness (QED) is 0.862. The zero-order chi connectivity index (χ0) is 14.8. The number of rotatable bonds is 3. The number of thiazole rings is 1. The van der Waals surface area contributed by atoms with Crippen molar-refractivity contribution >= 4 is 33.0 Å². The van der Waals surface area contributed by atoms with Crippen LogP contribution in [0.4, 0.5) is 0 Å². The smallest absolute Gasteiger partial charge is 0.229 e. The van der Waals surface area contributed by atoms with Crippen LogP contribution in [0.1, 0.15) is 44.2 Å².